The Kier molecular flexibility index (Phi) is 6.46. The number of hydrogen-bond donors (Lipinski definition) is 0. The van der Waals surface area contributed by atoms with Gasteiger partial charge < -0.3 is 14.7 Å². The lowest BCUT2D eigenvalue weighted by molar-refractivity contribution is -0.137. The summed E-state index contributed by atoms with van der Waals surface area (Å²) in [4.78, 5) is 30.8. The van der Waals surface area contributed by atoms with Crippen molar-refractivity contribution in [2.24, 2.45) is 5.92 Å². The van der Waals surface area contributed by atoms with Crippen molar-refractivity contribution < 1.29 is 22.8 Å². The number of anilines is 1. The van der Waals surface area contributed by atoms with Crippen molar-refractivity contribution in [3.63, 3.8) is 0 Å². The first-order chi connectivity index (χ1) is 15.2. The van der Waals surface area contributed by atoms with Crippen LogP contribution < -0.4 is 4.90 Å². The van der Waals surface area contributed by atoms with Gasteiger partial charge in [0.2, 0.25) is 11.8 Å². The van der Waals surface area contributed by atoms with Crippen LogP contribution in [0.25, 0.3) is 0 Å². The number of carbonyl (C=O) groups excluding carboxylic acids is 2. The van der Waals surface area contributed by atoms with E-state index in [2.05, 4.69) is 15.9 Å². The van der Waals surface area contributed by atoms with Gasteiger partial charge in [0.1, 0.15) is 0 Å². The molecular formula is C23H23BrF3N3O2. The maximum absolute atomic E-state index is 13.0. The average molecular weight is 510 g/mol. The van der Waals surface area contributed by atoms with Gasteiger partial charge in [0, 0.05) is 55.8 Å². The lowest BCUT2D eigenvalue weighted by atomic mass is 10.1. The van der Waals surface area contributed by atoms with E-state index in [0.29, 0.717) is 45.0 Å². The molecule has 32 heavy (non-hydrogen) atoms. The van der Waals surface area contributed by atoms with E-state index in [9.17, 15) is 22.8 Å². The summed E-state index contributed by atoms with van der Waals surface area (Å²) in [6.45, 7) is 2.60. The molecule has 2 fully saturated rings. The molecule has 2 aliphatic heterocycles. The van der Waals surface area contributed by atoms with Crippen LogP contribution in [0, 0.1) is 5.92 Å². The third-order valence-corrected chi connectivity index (χ3v) is 6.45. The molecule has 2 aliphatic rings. The van der Waals surface area contributed by atoms with E-state index in [1.165, 1.54) is 6.07 Å². The summed E-state index contributed by atoms with van der Waals surface area (Å²) in [5, 5.41) is 0. The van der Waals surface area contributed by atoms with E-state index >= 15 is 0 Å². The molecule has 2 aromatic carbocycles. The monoisotopic (exact) mass is 509 g/mol. The average Bonchev–Trinajstić information content (AvgIpc) is 3.13. The summed E-state index contributed by atoms with van der Waals surface area (Å²) in [6, 6.07) is 13.0. The maximum atomic E-state index is 13.0. The highest BCUT2D eigenvalue weighted by Crippen LogP contribution is 2.32. The van der Waals surface area contributed by atoms with Crippen molar-refractivity contribution in [1.29, 1.82) is 0 Å². The Labute approximate surface area is 192 Å². The van der Waals surface area contributed by atoms with E-state index in [-0.39, 0.29) is 24.2 Å². The van der Waals surface area contributed by atoms with Crippen molar-refractivity contribution in [2.45, 2.75) is 19.1 Å². The summed E-state index contributed by atoms with van der Waals surface area (Å²) >= 11 is 3.43. The van der Waals surface area contributed by atoms with Crippen molar-refractivity contribution in [1.82, 2.24) is 9.80 Å². The lowest BCUT2D eigenvalue weighted by Gasteiger charge is -2.37. The normalized spacial score (nSPS) is 19.6. The van der Waals surface area contributed by atoms with Crippen LogP contribution in [0.2, 0.25) is 0 Å². The van der Waals surface area contributed by atoms with Gasteiger partial charge in [-0.25, -0.2) is 0 Å². The number of piperazine rings is 1. The van der Waals surface area contributed by atoms with Crippen LogP contribution in [0.1, 0.15) is 17.5 Å². The number of hydrogen-bond acceptors (Lipinski definition) is 3. The van der Waals surface area contributed by atoms with Gasteiger partial charge in [-0.2, -0.15) is 13.2 Å². The Hall–Kier alpha value is -2.55. The molecule has 4 rings (SSSR count). The molecule has 2 heterocycles. The highest BCUT2D eigenvalue weighted by atomic mass is 79.9. The predicted octanol–water partition coefficient (Wildman–Crippen LogP) is 4.17. The van der Waals surface area contributed by atoms with Gasteiger partial charge in [0.25, 0.3) is 0 Å². The number of alkyl halides is 3. The zero-order chi connectivity index (χ0) is 22.9. The van der Waals surface area contributed by atoms with Gasteiger partial charge in [-0.05, 0) is 35.9 Å². The highest BCUT2D eigenvalue weighted by molar-refractivity contribution is 9.10. The van der Waals surface area contributed by atoms with Gasteiger partial charge >= 0.3 is 6.18 Å². The number of nitrogens with zero attached hydrogens (tertiary/aromatic N) is 3. The van der Waals surface area contributed by atoms with E-state index in [1.54, 1.807) is 15.9 Å². The number of carbonyl (C=O) groups is 2. The first kappa shape index (κ1) is 22.6. The van der Waals surface area contributed by atoms with Gasteiger partial charge in [0.05, 0.1) is 11.5 Å². The first-order valence-electron chi connectivity index (χ1n) is 10.4. The topological polar surface area (TPSA) is 43.9 Å². The fourth-order valence-electron chi connectivity index (χ4n) is 4.27. The molecule has 0 saturated carbocycles. The minimum absolute atomic E-state index is 0.0362. The van der Waals surface area contributed by atoms with Gasteiger partial charge in [0.15, 0.2) is 0 Å². The van der Waals surface area contributed by atoms with Crippen LogP contribution in [-0.4, -0.2) is 54.3 Å². The molecule has 2 amide bonds. The Balaban J connectivity index is 1.33. The van der Waals surface area contributed by atoms with Crippen LogP contribution in [0.15, 0.2) is 53.0 Å². The minimum atomic E-state index is -4.38. The van der Waals surface area contributed by atoms with E-state index in [4.69, 9.17) is 0 Å². The summed E-state index contributed by atoms with van der Waals surface area (Å²) in [5.41, 5.74) is 0.821. The second-order valence-corrected chi connectivity index (χ2v) is 9.08. The third-order valence-electron chi connectivity index (χ3n) is 5.96. The fourth-order valence-corrected chi connectivity index (χ4v) is 4.71. The molecule has 0 aromatic heterocycles. The second kappa shape index (κ2) is 9.13. The molecule has 1 unspecified atom stereocenters. The molecule has 1 atom stereocenters. The highest BCUT2D eigenvalue weighted by Gasteiger charge is 2.37. The number of benzene rings is 2. The van der Waals surface area contributed by atoms with Gasteiger partial charge in [-0.3, -0.25) is 9.59 Å². The molecule has 170 valence electrons. The van der Waals surface area contributed by atoms with Gasteiger partial charge in [-0.1, -0.05) is 34.1 Å². The van der Waals surface area contributed by atoms with Crippen molar-refractivity contribution >= 4 is 33.4 Å². The SMILES string of the molecule is O=C1CC(C(=O)N2CCN(c3cccc(C(F)(F)F)c3)CC2)CN1Cc1cccc(Br)c1. The largest absolute Gasteiger partial charge is 0.416 e. The number of amides is 2. The van der Waals surface area contributed by atoms with E-state index in [0.717, 1.165) is 22.2 Å². The molecule has 0 radical (unpaired) electrons. The zero-order valence-electron chi connectivity index (χ0n) is 17.3. The Morgan fingerprint density at radius 3 is 2.44 bits per heavy atom. The first-order valence-corrected chi connectivity index (χ1v) is 11.2. The van der Waals surface area contributed by atoms with E-state index < -0.39 is 11.7 Å². The molecule has 5 nitrogen and oxygen atoms in total. The van der Waals surface area contributed by atoms with Crippen LogP contribution in [0.5, 0.6) is 0 Å². The lowest BCUT2D eigenvalue weighted by Crippen LogP contribution is -2.50. The molecule has 0 aliphatic carbocycles. The standard InChI is InChI=1S/C23H23BrF3N3O2/c24-19-5-1-3-16(11-19)14-30-15-17(12-21(30)31)22(32)29-9-7-28(8-10-29)20-6-2-4-18(13-20)23(25,26)27/h1-6,11,13,17H,7-10,12,14-15H2. The predicted molar refractivity (Wildman–Crippen MR) is 118 cm³/mol. The fraction of sp³-hybridized carbons (Fsp3) is 0.391. The molecular weight excluding hydrogens is 487 g/mol. The van der Waals surface area contributed by atoms with Crippen molar-refractivity contribution in [3.8, 4) is 0 Å². The molecule has 0 N–H and O–H groups in total. The van der Waals surface area contributed by atoms with Gasteiger partial charge in [-0.15, -0.1) is 0 Å². The number of likely N-dealkylation sites (tertiary alicyclic amines) is 1. The summed E-state index contributed by atoms with van der Waals surface area (Å²) in [5.74, 6) is -0.473. The van der Waals surface area contributed by atoms with Crippen LogP contribution in [0.3, 0.4) is 0 Å². The Bertz CT molecular complexity index is 1010. The second-order valence-electron chi connectivity index (χ2n) is 8.17. The molecule has 0 spiro atoms. The summed E-state index contributed by atoms with van der Waals surface area (Å²) in [7, 11) is 0. The van der Waals surface area contributed by atoms with Crippen molar-refractivity contribution in [3.05, 3.63) is 64.1 Å². The number of rotatable bonds is 4. The quantitative estimate of drug-likeness (QED) is 0.621. The molecule has 9 heteroatoms. The minimum Gasteiger partial charge on any atom is -0.368 e. The molecule has 2 saturated heterocycles. The maximum Gasteiger partial charge on any atom is 0.416 e. The third kappa shape index (κ3) is 5.09. The Morgan fingerprint density at radius 1 is 1.03 bits per heavy atom. The smallest absolute Gasteiger partial charge is 0.368 e. The Morgan fingerprint density at radius 2 is 1.75 bits per heavy atom. The molecule has 0 bridgehead atoms. The molecule has 2 aromatic rings. The number of halogens is 4. The van der Waals surface area contributed by atoms with Crippen LogP contribution in [0.4, 0.5) is 18.9 Å². The zero-order valence-corrected chi connectivity index (χ0v) is 18.9. The summed E-state index contributed by atoms with van der Waals surface area (Å²) in [6.07, 6.45) is -4.19. The van der Waals surface area contributed by atoms with E-state index in [1.807, 2.05) is 29.2 Å². The summed E-state index contributed by atoms with van der Waals surface area (Å²) < 4.78 is 39.9. The van der Waals surface area contributed by atoms with Crippen LogP contribution in [-0.2, 0) is 22.3 Å². The van der Waals surface area contributed by atoms with Crippen molar-refractivity contribution in [2.75, 3.05) is 37.6 Å². The van der Waals surface area contributed by atoms with Crippen LogP contribution >= 0.6 is 15.9 Å².